The van der Waals surface area contributed by atoms with E-state index in [1.165, 1.54) is 12.1 Å². The molecule has 146 valence electrons. The zero-order valence-corrected chi connectivity index (χ0v) is 15.5. The summed E-state index contributed by atoms with van der Waals surface area (Å²) < 4.78 is 18.0. The van der Waals surface area contributed by atoms with Gasteiger partial charge >= 0.3 is 5.97 Å². The average molecular weight is 384 g/mol. The lowest BCUT2D eigenvalue weighted by Crippen LogP contribution is -2.31. The molecule has 1 aliphatic heterocycles. The van der Waals surface area contributed by atoms with Gasteiger partial charge < -0.3 is 15.0 Å². The molecule has 2 amide bonds. The fourth-order valence-corrected chi connectivity index (χ4v) is 3.03. The van der Waals surface area contributed by atoms with Crippen molar-refractivity contribution in [2.75, 3.05) is 18.1 Å². The third-order valence-electron chi connectivity index (χ3n) is 4.57. The van der Waals surface area contributed by atoms with Crippen molar-refractivity contribution in [2.45, 2.75) is 25.8 Å². The molecule has 0 unspecified atom stereocenters. The number of hydrogen-bond acceptors (Lipinski definition) is 4. The number of ether oxygens (including phenoxy) is 1. The van der Waals surface area contributed by atoms with Crippen LogP contribution in [-0.2, 0) is 14.3 Å². The first-order valence-corrected chi connectivity index (χ1v) is 9.06. The summed E-state index contributed by atoms with van der Waals surface area (Å²) in [6.45, 7) is 2.01. The fraction of sp³-hybridized carbons (Fsp3) is 0.286. The highest BCUT2D eigenvalue weighted by Gasteiger charge is 2.22. The molecule has 1 atom stereocenters. The highest BCUT2D eigenvalue weighted by molar-refractivity contribution is 5.96. The SMILES string of the molecule is C[C@@H](NC(=O)COC(=O)c1ccc(N2CCCC2=O)cc1)c1ccc(F)cc1. The smallest absolute Gasteiger partial charge is 0.338 e. The van der Waals surface area contributed by atoms with Crippen LogP contribution in [0, 0.1) is 5.82 Å². The molecule has 3 rings (SSSR count). The molecule has 1 aliphatic rings. The lowest BCUT2D eigenvalue weighted by molar-refractivity contribution is -0.124. The van der Waals surface area contributed by atoms with Crippen molar-refractivity contribution in [3.05, 3.63) is 65.5 Å². The molecule has 1 fully saturated rings. The number of nitrogens with zero attached hydrogens (tertiary/aromatic N) is 1. The summed E-state index contributed by atoms with van der Waals surface area (Å²) >= 11 is 0. The maximum absolute atomic E-state index is 13.0. The van der Waals surface area contributed by atoms with E-state index in [1.807, 2.05) is 0 Å². The van der Waals surface area contributed by atoms with Gasteiger partial charge in [-0.2, -0.15) is 0 Å². The van der Waals surface area contributed by atoms with Crippen LogP contribution in [0.3, 0.4) is 0 Å². The Morgan fingerprint density at radius 2 is 1.82 bits per heavy atom. The van der Waals surface area contributed by atoms with Crippen LogP contribution in [0.2, 0.25) is 0 Å². The Labute approximate surface area is 162 Å². The van der Waals surface area contributed by atoms with Crippen LogP contribution in [0.5, 0.6) is 0 Å². The topological polar surface area (TPSA) is 75.7 Å². The number of esters is 1. The molecule has 0 saturated carbocycles. The van der Waals surface area contributed by atoms with E-state index in [0.717, 1.165) is 17.7 Å². The van der Waals surface area contributed by atoms with Crippen LogP contribution in [0.15, 0.2) is 48.5 Å². The second-order valence-corrected chi connectivity index (χ2v) is 6.61. The maximum Gasteiger partial charge on any atom is 0.338 e. The highest BCUT2D eigenvalue weighted by atomic mass is 19.1. The highest BCUT2D eigenvalue weighted by Crippen LogP contribution is 2.21. The fourth-order valence-electron chi connectivity index (χ4n) is 3.03. The lowest BCUT2D eigenvalue weighted by atomic mass is 10.1. The average Bonchev–Trinajstić information content (AvgIpc) is 3.12. The number of carbonyl (C=O) groups is 3. The first kappa shape index (κ1) is 19.5. The molecule has 1 heterocycles. The number of anilines is 1. The standard InChI is InChI=1S/C21H21FN2O4/c1-14(15-4-8-17(22)9-5-15)23-19(25)13-28-21(27)16-6-10-18(11-7-16)24-12-2-3-20(24)26/h4-11,14H,2-3,12-13H2,1H3,(H,23,25)/t14-/m1/s1. The number of nitrogens with one attached hydrogen (secondary N) is 1. The first-order valence-electron chi connectivity index (χ1n) is 9.06. The first-order chi connectivity index (χ1) is 13.4. The third-order valence-corrected chi connectivity index (χ3v) is 4.57. The van der Waals surface area contributed by atoms with E-state index in [0.29, 0.717) is 18.5 Å². The minimum Gasteiger partial charge on any atom is -0.452 e. The largest absolute Gasteiger partial charge is 0.452 e. The van der Waals surface area contributed by atoms with Gasteiger partial charge in [-0.05, 0) is 55.3 Å². The Bertz CT molecular complexity index is 865. The van der Waals surface area contributed by atoms with E-state index in [2.05, 4.69) is 5.32 Å². The minimum atomic E-state index is -0.621. The molecule has 0 aliphatic carbocycles. The molecule has 2 aromatic rings. The van der Waals surface area contributed by atoms with Crippen LogP contribution >= 0.6 is 0 Å². The number of amides is 2. The number of carbonyl (C=O) groups excluding carboxylic acids is 3. The number of halogens is 1. The van der Waals surface area contributed by atoms with Crippen molar-refractivity contribution >= 4 is 23.5 Å². The predicted molar refractivity (Wildman–Crippen MR) is 101 cm³/mol. The molecule has 6 nitrogen and oxygen atoms in total. The number of hydrogen-bond donors (Lipinski definition) is 1. The molecule has 0 aromatic heterocycles. The van der Waals surface area contributed by atoms with E-state index in [9.17, 15) is 18.8 Å². The van der Waals surface area contributed by atoms with Crippen LogP contribution in [0.1, 0.15) is 41.7 Å². The van der Waals surface area contributed by atoms with Crippen LogP contribution < -0.4 is 10.2 Å². The van der Waals surface area contributed by atoms with Crippen molar-refractivity contribution in [1.29, 1.82) is 0 Å². The molecule has 1 saturated heterocycles. The Morgan fingerprint density at radius 1 is 1.14 bits per heavy atom. The normalized spacial score (nSPS) is 14.6. The second-order valence-electron chi connectivity index (χ2n) is 6.61. The maximum atomic E-state index is 13.0. The summed E-state index contributed by atoms with van der Waals surface area (Å²) in [5.41, 5.74) is 1.79. The lowest BCUT2D eigenvalue weighted by Gasteiger charge is -2.16. The Balaban J connectivity index is 1.49. The quantitative estimate of drug-likeness (QED) is 0.777. The molecule has 0 bridgehead atoms. The number of benzene rings is 2. The summed E-state index contributed by atoms with van der Waals surface area (Å²) in [4.78, 5) is 37.5. The molecule has 1 N–H and O–H groups in total. The summed E-state index contributed by atoms with van der Waals surface area (Å²) in [5, 5.41) is 2.69. The van der Waals surface area contributed by atoms with Crippen molar-refractivity contribution in [1.82, 2.24) is 5.32 Å². The van der Waals surface area contributed by atoms with Crippen molar-refractivity contribution in [2.24, 2.45) is 0 Å². The second kappa shape index (κ2) is 8.65. The van der Waals surface area contributed by atoms with Gasteiger partial charge in [0.15, 0.2) is 6.61 Å². The Hall–Kier alpha value is -3.22. The van der Waals surface area contributed by atoms with Gasteiger partial charge in [-0.3, -0.25) is 9.59 Å². The van der Waals surface area contributed by atoms with Crippen LogP contribution in [0.25, 0.3) is 0 Å². The summed E-state index contributed by atoms with van der Waals surface area (Å²) in [6, 6.07) is 12.0. The minimum absolute atomic E-state index is 0.0715. The Kier molecular flexibility index (Phi) is 6.03. The van der Waals surface area contributed by atoms with E-state index in [-0.39, 0.29) is 17.8 Å². The van der Waals surface area contributed by atoms with Gasteiger partial charge in [0, 0.05) is 18.7 Å². The zero-order chi connectivity index (χ0) is 20.1. The van der Waals surface area contributed by atoms with Gasteiger partial charge in [0.2, 0.25) is 5.91 Å². The van der Waals surface area contributed by atoms with Crippen LogP contribution in [0.4, 0.5) is 10.1 Å². The number of rotatable bonds is 6. The van der Waals surface area contributed by atoms with Gasteiger partial charge in [0.25, 0.3) is 5.91 Å². The molecule has 0 spiro atoms. The van der Waals surface area contributed by atoms with Crippen LogP contribution in [-0.4, -0.2) is 30.9 Å². The third kappa shape index (κ3) is 4.73. The molecule has 0 radical (unpaired) electrons. The van der Waals surface area contributed by atoms with Gasteiger partial charge in [-0.25, -0.2) is 9.18 Å². The zero-order valence-electron chi connectivity index (χ0n) is 15.5. The monoisotopic (exact) mass is 384 g/mol. The van der Waals surface area contributed by atoms with Gasteiger partial charge in [0.05, 0.1) is 11.6 Å². The van der Waals surface area contributed by atoms with E-state index >= 15 is 0 Å². The molecule has 28 heavy (non-hydrogen) atoms. The van der Waals surface area contributed by atoms with E-state index in [4.69, 9.17) is 4.74 Å². The molecule has 2 aromatic carbocycles. The summed E-state index contributed by atoms with van der Waals surface area (Å²) in [7, 11) is 0. The van der Waals surface area contributed by atoms with Gasteiger partial charge in [0.1, 0.15) is 5.82 Å². The van der Waals surface area contributed by atoms with Crippen molar-refractivity contribution in [3.8, 4) is 0 Å². The molecule has 7 heteroatoms. The van der Waals surface area contributed by atoms with Gasteiger partial charge in [-0.15, -0.1) is 0 Å². The predicted octanol–water partition coefficient (Wildman–Crippen LogP) is 2.99. The Morgan fingerprint density at radius 3 is 2.43 bits per heavy atom. The summed E-state index contributed by atoms with van der Waals surface area (Å²) in [6.07, 6.45) is 1.36. The van der Waals surface area contributed by atoms with E-state index < -0.39 is 18.5 Å². The van der Waals surface area contributed by atoms with Crippen molar-refractivity contribution in [3.63, 3.8) is 0 Å². The molecular formula is C21H21FN2O4. The van der Waals surface area contributed by atoms with E-state index in [1.54, 1.807) is 48.2 Å². The summed E-state index contributed by atoms with van der Waals surface area (Å²) in [5.74, 6) is -1.35. The molecular weight excluding hydrogens is 363 g/mol. The van der Waals surface area contributed by atoms with Gasteiger partial charge in [-0.1, -0.05) is 12.1 Å². The van der Waals surface area contributed by atoms with Crippen molar-refractivity contribution < 1.29 is 23.5 Å².